The molecule has 4 amide bonds. The first-order valence-electron chi connectivity index (χ1n) is 16.5. The minimum absolute atomic E-state index is 0.0811. The van der Waals surface area contributed by atoms with Crippen molar-refractivity contribution in [3.63, 3.8) is 0 Å². The summed E-state index contributed by atoms with van der Waals surface area (Å²) in [6.45, 7) is 10.2. The number of carbonyl (C=O) groups excluding carboxylic acids is 3. The van der Waals surface area contributed by atoms with E-state index < -0.39 is 0 Å². The lowest BCUT2D eigenvalue weighted by molar-refractivity contribution is -0.125. The van der Waals surface area contributed by atoms with E-state index in [1.54, 1.807) is 30.1 Å². The number of anilines is 1. The number of imidazole rings is 1. The van der Waals surface area contributed by atoms with Crippen LogP contribution >= 0.6 is 0 Å². The van der Waals surface area contributed by atoms with Gasteiger partial charge < -0.3 is 29.7 Å². The van der Waals surface area contributed by atoms with Gasteiger partial charge in [-0.05, 0) is 60.9 Å². The molecule has 5 rings (SSSR count). The second-order valence-electron chi connectivity index (χ2n) is 12.1. The highest BCUT2D eigenvalue weighted by Gasteiger charge is 2.22. The molecule has 1 aliphatic heterocycles. The van der Waals surface area contributed by atoms with Crippen LogP contribution in [0, 0.1) is 13.8 Å². The summed E-state index contributed by atoms with van der Waals surface area (Å²) in [7, 11) is 3.35. The Bertz CT molecular complexity index is 1750. The van der Waals surface area contributed by atoms with Gasteiger partial charge >= 0.3 is 6.03 Å². The van der Waals surface area contributed by atoms with Gasteiger partial charge in [-0.15, -0.1) is 0 Å². The van der Waals surface area contributed by atoms with Crippen LogP contribution in [-0.4, -0.2) is 95.5 Å². The number of rotatable bonds is 12. The number of hydrogen-bond donors (Lipinski definition) is 2. The molecule has 12 nitrogen and oxygen atoms in total. The van der Waals surface area contributed by atoms with Crippen LogP contribution in [0.1, 0.15) is 41.6 Å². The molecule has 4 aromatic rings. The molecule has 254 valence electrons. The second kappa shape index (κ2) is 15.7. The van der Waals surface area contributed by atoms with Crippen LogP contribution in [0.4, 0.5) is 10.5 Å². The highest BCUT2D eigenvalue weighted by atomic mass is 16.5. The summed E-state index contributed by atoms with van der Waals surface area (Å²) in [5, 5.41) is 5.42. The molecule has 0 bridgehead atoms. The standard InChI is InChI=1S/C36H46N8O4/c1-6-32-40-35-30(44(32)23-27-10-7-8-16-38-27)11-9-12-31(35)48-24-28-25(2)13-14-29(26(28)3)41(5)34(46)22-39-33(45)15-17-42-18-20-43(21-19-42)36(47)37-4/h7-14,16H,6,15,17-24H2,1-5H3,(H,37,47)(H,39,45). The third kappa shape index (κ3) is 7.93. The second-order valence-corrected chi connectivity index (χ2v) is 12.1. The molecule has 2 aromatic carbocycles. The van der Waals surface area contributed by atoms with Crippen molar-refractivity contribution < 1.29 is 19.1 Å². The van der Waals surface area contributed by atoms with E-state index in [1.165, 1.54) is 0 Å². The van der Waals surface area contributed by atoms with E-state index >= 15 is 0 Å². The van der Waals surface area contributed by atoms with Crippen LogP contribution in [0.15, 0.2) is 54.7 Å². The summed E-state index contributed by atoms with van der Waals surface area (Å²) in [6, 6.07) is 15.7. The average molecular weight is 655 g/mol. The number of benzene rings is 2. The third-order valence-electron chi connectivity index (χ3n) is 9.06. The zero-order valence-corrected chi connectivity index (χ0v) is 28.6. The molecule has 0 radical (unpaired) electrons. The van der Waals surface area contributed by atoms with Crippen molar-refractivity contribution >= 4 is 34.6 Å². The lowest BCUT2D eigenvalue weighted by Gasteiger charge is -2.34. The summed E-state index contributed by atoms with van der Waals surface area (Å²) < 4.78 is 8.62. The SMILES string of the molecule is CCc1nc2c(OCc3c(C)ccc(N(C)C(=O)CNC(=O)CCN4CCN(C(=O)NC)CC4)c3C)cccc2n1Cc1ccccn1. The number of amides is 4. The molecule has 0 unspecified atom stereocenters. The van der Waals surface area contributed by atoms with Crippen LogP contribution in [0.3, 0.4) is 0 Å². The number of ether oxygens (including phenoxy) is 1. The maximum Gasteiger partial charge on any atom is 0.317 e. The van der Waals surface area contributed by atoms with Gasteiger partial charge in [-0.3, -0.25) is 19.5 Å². The van der Waals surface area contributed by atoms with E-state index in [-0.39, 0.29) is 30.8 Å². The van der Waals surface area contributed by atoms with Crippen molar-refractivity contribution in [2.24, 2.45) is 0 Å². The van der Waals surface area contributed by atoms with Crippen LogP contribution in [0.5, 0.6) is 5.75 Å². The molecule has 0 spiro atoms. The molecule has 2 N–H and O–H groups in total. The summed E-state index contributed by atoms with van der Waals surface area (Å²) >= 11 is 0. The predicted octanol–water partition coefficient (Wildman–Crippen LogP) is 3.66. The maximum atomic E-state index is 13.2. The van der Waals surface area contributed by atoms with Gasteiger partial charge in [-0.1, -0.05) is 25.1 Å². The van der Waals surface area contributed by atoms with Gasteiger partial charge in [0.15, 0.2) is 0 Å². The molecule has 48 heavy (non-hydrogen) atoms. The number of fused-ring (bicyclic) bond motifs is 1. The molecule has 0 atom stereocenters. The minimum atomic E-state index is -0.211. The maximum absolute atomic E-state index is 13.2. The number of pyridine rings is 1. The van der Waals surface area contributed by atoms with Crippen LogP contribution in [-0.2, 0) is 29.2 Å². The van der Waals surface area contributed by atoms with Gasteiger partial charge in [-0.25, -0.2) is 9.78 Å². The van der Waals surface area contributed by atoms with Gasteiger partial charge in [0.05, 0.1) is 24.3 Å². The first-order chi connectivity index (χ1) is 23.2. The first kappa shape index (κ1) is 34.4. The summed E-state index contributed by atoms with van der Waals surface area (Å²) in [5.41, 5.74) is 6.53. The van der Waals surface area contributed by atoms with Crippen molar-refractivity contribution in [1.29, 1.82) is 0 Å². The molecule has 2 aromatic heterocycles. The molecule has 3 heterocycles. The van der Waals surface area contributed by atoms with Gasteiger partial charge in [0, 0.05) is 71.5 Å². The van der Waals surface area contributed by atoms with Gasteiger partial charge in [0.2, 0.25) is 11.8 Å². The number of hydrogen-bond acceptors (Lipinski definition) is 7. The van der Waals surface area contributed by atoms with Crippen LogP contribution in [0.25, 0.3) is 11.0 Å². The molecule has 0 aliphatic carbocycles. The summed E-state index contributed by atoms with van der Waals surface area (Å²) in [4.78, 5) is 52.5. The van der Waals surface area contributed by atoms with E-state index in [4.69, 9.17) is 9.72 Å². The Hall–Kier alpha value is -4.97. The highest BCUT2D eigenvalue weighted by molar-refractivity contribution is 5.97. The lowest BCUT2D eigenvalue weighted by Crippen LogP contribution is -2.51. The van der Waals surface area contributed by atoms with Gasteiger partial charge in [0.1, 0.15) is 23.7 Å². The zero-order chi connectivity index (χ0) is 34.2. The summed E-state index contributed by atoms with van der Waals surface area (Å²) in [5.74, 6) is 1.28. The Balaban J connectivity index is 1.19. The molecule has 12 heteroatoms. The largest absolute Gasteiger partial charge is 0.487 e. The number of urea groups is 1. The van der Waals surface area contributed by atoms with Crippen molar-refractivity contribution in [2.75, 3.05) is 58.3 Å². The highest BCUT2D eigenvalue weighted by Crippen LogP contribution is 2.30. The Morgan fingerprint density at radius 3 is 2.50 bits per heavy atom. The Labute approximate surface area is 282 Å². The topological polar surface area (TPSA) is 125 Å². The number of carbonyl (C=O) groups is 3. The van der Waals surface area contributed by atoms with E-state index in [0.717, 1.165) is 51.4 Å². The van der Waals surface area contributed by atoms with E-state index in [1.807, 2.05) is 56.3 Å². The Morgan fingerprint density at radius 2 is 1.79 bits per heavy atom. The van der Waals surface area contributed by atoms with E-state index in [0.29, 0.717) is 51.6 Å². The Kier molecular flexibility index (Phi) is 11.3. The van der Waals surface area contributed by atoms with Gasteiger partial charge in [-0.2, -0.15) is 0 Å². The number of piperazine rings is 1. The van der Waals surface area contributed by atoms with Gasteiger partial charge in [0.25, 0.3) is 0 Å². The van der Waals surface area contributed by atoms with Crippen molar-refractivity contribution in [1.82, 2.24) is 35.0 Å². The molecular formula is C36H46N8O4. The molecule has 1 aliphatic rings. The fourth-order valence-corrected chi connectivity index (χ4v) is 6.11. The fraction of sp³-hybridized carbons (Fsp3) is 0.417. The molecule has 1 saturated heterocycles. The Morgan fingerprint density at radius 1 is 1.00 bits per heavy atom. The minimum Gasteiger partial charge on any atom is -0.487 e. The molecular weight excluding hydrogens is 608 g/mol. The number of likely N-dealkylation sites (N-methyl/N-ethyl adjacent to an activating group) is 1. The number of nitrogens with one attached hydrogen (secondary N) is 2. The number of aryl methyl sites for hydroxylation is 2. The van der Waals surface area contributed by atoms with Crippen LogP contribution in [0.2, 0.25) is 0 Å². The molecule has 1 fully saturated rings. The zero-order valence-electron chi connectivity index (χ0n) is 28.6. The first-order valence-corrected chi connectivity index (χ1v) is 16.5. The van der Waals surface area contributed by atoms with Crippen molar-refractivity contribution in [3.8, 4) is 5.75 Å². The van der Waals surface area contributed by atoms with Crippen molar-refractivity contribution in [2.45, 2.75) is 46.8 Å². The van der Waals surface area contributed by atoms with E-state index in [9.17, 15) is 14.4 Å². The normalized spacial score (nSPS) is 13.4. The quantitative estimate of drug-likeness (QED) is 0.239. The van der Waals surface area contributed by atoms with E-state index in [2.05, 4.69) is 38.1 Å². The summed E-state index contributed by atoms with van der Waals surface area (Å²) in [6.07, 6.45) is 2.87. The fourth-order valence-electron chi connectivity index (χ4n) is 6.11. The smallest absolute Gasteiger partial charge is 0.317 e. The number of aromatic nitrogens is 3. The molecule has 0 saturated carbocycles. The number of para-hydroxylation sites is 1. The monoisotopic (exact) mass is 654 g/mol. The predicted molar refractivity (Wildman–Crippen MR) is 186 cm³/mol. The van der Waals surface area contributed by atoms with Crippen molar-refractivity contribution in [3.05, 3.63) is 82.9 Å². The average Bonchev–Trinajstić information content (AvgIpc) is 3.47. The lowest BCUT2D eigenvalue weighted by atomic mass is 10.0. The third-order valence-corrected chi connectivity index (χ3v) is 9.06. The number of nitrogens with zero attached hydrogens (tertiary/aromatic N) is 6. The van der Waals surface area contributed by atoms with Crippen LogP contribution < -0.4 is 20.3 Å².